The molecule has 2 bridgehead atoms. The average molecular weight is 258 g/mol. The van der Waals surface area contributed by atoms with Crippen molar-refractivity contribution < 1.29 is 4.43 Å². The number of fused-ring (bicyclic) bond motifs is 2. The SMILES string of the molecule is C[Si](C)(OCC1CC2C=C[C@@H]1C2)c1ccccc1. The van der Waals surface area contributed by atoms with Gasteiger partial charge in [-0.2, -0.15) is 0 Å². The van der Waals surface area contributed by atoms with Gasteiger partial charge >= 0.3 is 0 Å². The minimum absolute atomic E-state index is 0.774. The third-order valence-corrected chi connectivity index (χ3v) is 7.16. The van der Waals surface area contributed by atoms with E-state index in [-0.39, 0.29) is 0 Å². The standard InChI is InChI=1S/C16H22OSi/c1-18(2,16-6-4-3-5-7-16)17-12-15-11-13-8-9-14(15)10-13/h3-9,13-15H,10-12H2,1-2H3/t13?,14-,15?/m1/s1. The first-order valence-corrected chi connectivity index (χ1v) is 9.94. The van der Waals surface area contributed by atoms with Gasteiger partial charge in [0.05, 0.1) is 0 Å². The number of hydrogen-bond donors (Lipinski definition) is 0. The van der Waals surface area contributed by atoms with Crippen molar-refractivity contribution in [1.29, 1.82) is 0 Å². The van der Waals surface area contributed by atoms with Crippen molar-refractivity contribution in [3.8, 4) is 0 Å². The molecule has 2 unspecified atom stereocenters. The molecular weight excluding hydrogens is 236 g/mol. The summed E-state index contributed by atoms with van der Waals surface area (Å²) in [5.41, 5.74) is 0. The van der Waals surface area contributed by atoms with E-state index in [0.29, 0.717) is 0 Å². The van der Waals surface area contributed by atoms with Crippen molar-refractivity contribution in [3.63, 3.8) is 0 Å². The lowest BCUT2D eigenvalue weighted by atomic mass is 9.95. The first kappa shape index (κ1) is 12.2. The van der Waals surface area contributed by atoms with Crippen LogP contribution in [0.2, 0.25) is 13.1 Å². The summed E-state index contributed by atoms with van der Waals surface area (Å²) in [5.74, 6) is 2.43. The molecule has 2 aliphatic carbocycles. The van der Waals surface area contributed by atoms with Crippen molar-refractivity contribution in [1.82, 2.24) is 0 Å². The maximum atomic E-state index is 6.36. The summed E-state index contributed by atoms with van der Waals surface area (Å²) < 4.78 is 6.36. The lowest BCUT2D eigenvalue weighted by Crippen LogP contribution is -2.45. The van der Waals surface area contributed by atoms with E-state index in [1.54, 1.807) is 0 Å². The van der Waals surface area contributed by atoms with Crippen LogP contribution in [-0.4, -0.2) is 14.9 Å². The summed E-state index contributed by atoms with van der Waals surface area (Å²) in [6, 6.07) is 10.7. The fourth-order valence-corrected chi connectivity index (χ4v) is 5.12. The summed E-state index contributed by atoms with van der Waals surface area (Å²) in [7, 11) is -1.70. The Bertz CT molecular complexity index is 438. The highest BCUT2D eigenvalue weighted by atomic mass is 28.4. The minimum Gasteiger partial charge on any atom is -0.413 e. The van der Waals surface area contributed by atoms with Crippen LogP contribution in [0.5, 0.6) is 0 Å². The molecule has 1 aromatic carbocycles. The van der Waals surface area contributed by atoms with Gasteiger partial charge < -0.3 is 4.43 Å². The second-order valence-corrected chi connectivity index (χ2v) is 10.1. The first-order chi connectivity index (χ1) is 8.65. The Morgan fingerprint density at radius 2 is 1.89 bits per heavy atom. The molecule has 0 aliphatic heterocycles. The third-order valence-electron chi connectivity index (χ3n) is 4.54. The molecule has 3 rings (SSSR count). The Labute approximate surface area is 111 Å². The monoisotopic (exact) mass is 258 g/mol. The second kappa shape index (κ2) is 4.67. The molecule has 0 saturated heterocycles. The lowest BCUT2D eigenvalue weighted by molar-refractivity contribution is 0.224. The molecular formula is C16H22OSi. The third kappa shape index (κ3) is 2.32. The Morgan fingerprint density at radius 3 is 2.50 bits per heavy atom. The predicted molar refractivity (Wildman–Crippen MR) is 78.4 cm³/mol. The van der Waals surface area contributed by atoms with Gasteiger partial charge in [-0.3, -0.25) is 0 Å². The van der Waals surface area contributed by atoms with E-state index in [1.165, 1.54) is 18.0 Å². The van der Waals surface area contributed by atoms with E-state index in [2.05, 4.69) is 55.6 Å². The Hall–Kier alpha value is -0.863. The molecule has 1 aromatic rings. The van der Waals surface area contributed by atoms with Gasteiger partial charge in [0.1, 0.15) is 0 Å². The molecule has 3 atom stereocenters. The molecule has 0 aromatic heterocycles. The molecule has 0 spiro atoms. The highest BCUT2D eigenvalue weighted by Crippen LogP contribution is 2.43. The van der Waals surface area contributed by atoms with Crippen LogP contribution in [0.4, 0.5) is 0 Å². The molecule has 1 nitrogen and oxygen atoms in total. The van der Waals surface area contributed by atoms with Crippen LogP contribution in [0.3, 0.4) is 0 Å². The van der Waals surface area contributed by atoms with Crippen molar-refractivity contribution >= 4 is 13.5 Å². The summed E-state index contributed by atoms with van der Waals surface area (Å²) >= 11 is 0. The first-order valence-electron chi connectivity index (χ1n) is 7.03. The van der Waals surface area contributed by atoms with Gasteiger partial charge in [-0.25, -0.2) is 0 Å². The van der Waals surface area contributed by atoms with Crippen LogP contribution in [0, 0.1) is 17.8 Å². The van der Waals surface area contributed by atoms with Crippen molar-refractivity contribution in [2.24, 2.45) is 17.8 Å². The fourth-order valence-electron chi connectivity index (χ4n) is 3.32. The van der Waals surface area contributed by atoms with E-state index >= 15 is 0 Å². The van der Waals surface area contributed by atoms with Gasteiger partial charge in [-0.05, 0) is 48.9 Å². The normalized spacial score (nSPS) is 30.0. The molecule has 1 fully saturated rings. The van der Waals surface area contributed by atoms with Gasteiger partial charge in [0.2, 0.25) is 8.32 Å². The Morgan fingerprint density at radius 1 is 1.11 bits per heavy atom. The van der Waals surface area contributed by atoms with E-state index in [9.17, 15) is 0 Å². The number of benzene rings is 1. The quantitative estimate of drug-likeness (QED) is 0.594. The number of allylic oxidation sites excluding steroid dienone is 2. The lowest BCUT2D eigenvalue weighted by Gasteiger charge is -2.27. The molecule has 2 aliphatic rings. The molecule has 0 radical (unpaired) electrons. The molecule has 0 amide bonds. The fraction of sp³-hybridized carbons (Fsp3) is 0.500. The zero-order valence-corrected chi connectivity index (χ0v) is 12.3. The molecule has 96 valence electrons. The van der Waals surface area contributed by atoms with Crippen LogP contribution >= 0.6 is 0 Å². The summed E-state index contributed by atoms with van der Waals surface area (Å²) in [6.07, 6.45) is 7.54. The zero-order valence-electron chi connectivity index (χ0n) is 11.3. The predicted octanol–water partition coefficient (Wildman–Crippen LogP) is 3.33. The topological polar surface area (TPSA) is 9.23 Å². The van der Waals surface area contributed by atoms with Crippen LogP contribution in [0.1, 0.15) is 12.8 Å². The molecule has 2 heteroatoms. The summed E-state index contributed by atoms with van der Waals surface area (Å²) in [4.78, 5) is 0. The summed E-state index contributed by atoms with van der Waals surface area (Å²) in [6.45, 7) is 5.58. The van der Waals surface area contributed by atoms with Crippen molar-refractivity contribution in [2.75, 3.05) is 6.61 Å². The highest BCUT2D eigenvalue weighted by molar-refractivity contribution is 6.84. The van der Waals surface area contributed by atoms with Crippen LogP contribution < -0.4 is 5.19 Å². The van der Waals surface area contributed by atoms with Crippen LogP contribution in [0.15, 0.2) is 42.5 Å². The maximum Gasteiger partial charge on any atom is 0.218 e. The Kier molecular flexibility index (Phi) is 3.16. The van der Waals surface area contributed by atoms with E-state index < -0.39 is 8.32 Å². The van der Waals surface area contributed by atoms with Gasteiger partial charge in [0.15, 0.2) is 0 Å². The van der Waals surface area contributed by atoms with Gasteiger partial charge in [-0.1, -0.05) is 42.5 Å². The van der Waals surface area contributed by atoms with Crippen LogP contribution in [-0.2, 0) is 4.43 Å². The van der Waals surface area contributed by atoms with Crippen LogP contribution in [0.25, 0.3) is 0 Å². The van der Waals surface area contributed by atoms with E-state index in [1.807, 2.05) is 0 Å². The largest absolute Gasteiger partial charge is 0.413 e. The Balaban J connectivity index is 1.61. The maximum absolute atomic E-state index is 6.36. The zero-order chi connectivity index (χ0) is 12.6. The van der Waals surface area contributed by atoms with E-state index in [0.717, 1.165) is 24.4 Å². The highest BCUT2D eigenvalue weighted by Gasteiger charge is 2.37. The smallest absolute Gasteiger partial charge is 0.218 e. The molecule has 1 saturated carbocycles. The minimum atomic E-state index is -1.70. The molecule has 18 heavy (non-hydrogen) atoms. The van der Waals surface area contributed by atoms with Crippen molar-refractivity contribution in [3.05, 3.63) is 42.5 Å². The van der Waals surface area contributed by atoms with Gasteiger partial charge in [0, 0.05) is 6.61 Å². The second-order valence-electron chi connectivity index (χ2n) is 6.23. The molecule has 0 N–H and O–H groups in total. The summed E-state index contributed by atoms with van der Waals surface area (Å²) in [5, 5.41) is 1.41. The number of rotatable bonds is 4. The van der Waals surface area contributed by atoms with E-state index in [4.69, 9.17) is 4.43 Å². The van der Waals surface area contributed by atoms with Gasteiger partial charge in [-0.15, -0.1) is 0 Å². The van der Waals surface area contributed by atoms with Gasteiger partial charge in [0.25, 0.3) is 0 Å². The molecule has 0 heterocycles. The van der Waals surface area contributed by atoms with Crippen molar-refractivity contribution in [2.45, 2.75) is 25.9 Å². The number of hydrogen-bond acceptors (Lipinski definition) is 1. The average Bonchev–Trinajstić information content (AvgIpc) is 3.00.